The minimum atomic E-state index is -0.191. The number of carbonyl (C=O) groups is 1. The smallest absolute Gasteiger partial charge is 0.317 e. The molecule has 0 radical (unpaired) electrons. The van der Waals surface area contributed by atoms with Gasteiger partial charge in [0.25, 0.3) is 0 Å². The molecule has 6 heteroatoms. The Hall–Kier alpha value is -2.63. The van der Waals surface area contributed by atoms with Crippen LogP contribution in [0.3, 0.4) is 0 Å². The fourth-order valence-corrected chi connectivity index (χ4v) is 3.19. The zero-order valence-corrected chi connectivity index (χ0v) is 15.7. The summed E-state index contributed by atoms with van der Waals surface area (Å²) in [4.78, 5) is 14.4. The second-order valence-electron chi connectivity index (χ2n) is 6.58. The van der Waals surface area contributed by atoms with Gasteiger partial charge in [-0.05, 0) is 45.9 Å². The summed E-state index contributed by atoms with van der Waals surface area (Å²) >= 11 is 0. The molecule has 1 N–H and O–H groups in total. The number of carbonyl (C=O) groups excluding carboxylic acids is 1. The van der Waals surface area contributed by atoms with Crippen molar-refractivity contribution in [1.29, 1.82) is 0 Å². The number of hydrogen-bond donors (Lipinski definition) is 1. The molecule has 1 aromatic carbocycles. The average molecular weight is 358 g/mol. The van der Waals surface area contributed by atoms with Crippen LogP contribution < -0.4 is 14.8 Å². The summed E-state index contributed by atoms with van der Waals surface area (Å²) in [5, 5.41) is 3.04. The van der Waals surface area contributed by atoms with Crippen LogP contribution in [0.2, 0.25) is 0 Å². The van der Waals surface area contributed by atoms with Crippen molar-refractivity contribution in [2.75, 3.05) is 19.7 Å². The first-order valence-corrected chi connectivity index (χ1v) is 8.98. The maximum absolute atomic E-state index is 12.7. The first-order chi connectivity index (χ1) is 12.5. The van der Waals surface area contributed by atoms with E-state index in [0.29, 0.717) is 19.7 Å². The molecule has 0 aliphatic carbocycles. The Kier molecular flexibility index (Phi) is 5.40. The number of likely N-dealkylation sites (N-methyl/N-ethyl adjacent to an activating group) is 1. The zero-order chi connectivity index (χ0) is 18.7. The van der Waals surface area contributed by atoms with Gasteiger partial charge in [-0.25, -0.2) is 4.79 Å². The summed E-state index contributed by atoms with van der Waals surface area (Å²) in [5.74, 6) is 3.14. The first kappa shape index (κ1) is 18.2. The van der Waals surface area contributed by atoms with Crippen molar-refractivity contribution < 1.29 is 18.7 Å². The highest BCUT2D eigenvalue weighted by Crippen LogP contribution is 2.31. The normalized spacial score (nSPS) is 16.8. The van der Waals surface area contributed by atoms with Crippen molar-refractivity contribution in [3.05, 3.63) is 47.4 Å². The molecule has 0 saturated carbocycles. The number of hydrogen-bond acceptors (Lipinski definition) is 4. The molecule has 2 unspecified atom stereocenters. The van der Waals surface area contributed by atoms with Gasteiger partial charge in [0.05, 0.1) is 12.6 Å². The Morgan fingerprint density at radius 1 is 1.31 bits per heavy atom. The predicted molar refractivity (Wildman–Crippen MR) is 98.7 cm³/mol. The maximum Gasteiger partial charge on any atom is 0.317 e. The molecule has 2 amide bonds. The third kappa shape index (κ3) is 3.95. The van der Waals surface area contributed by atoms with E-state index in [9.17, 15) is 4.79 Å². The molecule has 26 heavy (non-hydrogen) atoms. The molecule has 0 spiro atoms. The number of furan rings is 1. The van der Waals surface area contributed by atoms with Crippen molar-refractivity contribution in [1.82, 2.24) is 10.2 Å². The molecule has 1 aliphatic heterocycles. The van der Waals surface area contributed by atoms with E-state index in [-0.39, 0.29) is 18.2 Å². The van der Waals surface area contributed by atoms with Crippen LogP contribution >= 0.6 is 0 Å². The SMILES string of the molecule is CCN(CC1COc2ccccc2O1)C(=O)NC(C)c1cc(C)oc1C. The van der Waals surface area contributed by atoms with Crippen LogP contribution in [-0.2, 0) is 0 Å². The van der Waals surface area contributed by atoms with Crippen LogP contribution in [0.15, 0.2) is 34.7 Å². The number of fused-ring (bicyclic) bond motifs is 1. The Labute approximate surface area is 154 Å². The highest BCUT2D eigenvalue weighted by Gasteiger charge is 2.26. The maximum atomic E-state index is 12.7. The minimum Gasteiger partial charge on any atom is -0.486 e. The molecule has 3 rings (SSSR count). The highest BCUT2D eigenvalue weighted by molar-refractivity contribution is 5.74. The van der Waals surface area contributed by atoms with Crippen LogP contribution in [-0.4, -0.2) is 36.7 Å². The van der Waals surface area contributed by atoms with Gasteiger partial charge in [-0.2, -0.15) is 0 Å². The van der Waals surface area contributed by atoms with Crippen molar-refractivity contribution in [3.63, 3.8) is 0 Å². The lowest BCUT2D eigenvalue weighted by Gasteiger charge is -2.31. The van der Waals surface area contributed by atoms with Crippen molar-refractivity contribution >= 4 is 6.03 Å². The van der Waals surface area contributed by atoms with Crippen molar-refractivity contribution in [2.45, 2.75) is 39.8 Å². The topological polar surface area (TPSA) is 63.9 Å². The monoisotopic (exact) mass is 358 g/mol. The molecule has 2 heterocycles. The number of amides is 2. The van der Waals surface area contributed by atoms with Gasteiger partial charge >= 0.3 is 6.03 Å². The third-order valence-electron chi connectivity index (χ3n) is 4.55. The van der Waals surface area contributed by atoms with Gasteiger partial charge in [-0.1, -0.05) is 12.1 Å². The van der Waals surface area contributed by atoms with Crippen molar-refractivity contribution in [2.24, 2.45) is 0 Å². The molecule has 1 aromatic heterocycles. The second-order valence-corrected chi connectivity index (χ2v) is 6.58. The second kappa shape index (κ2) is 7.72. The molecule has 140 valence electrons. The molecule has 0 fully saturated rings. The van der Waals surface area contributed by atoms with E-state index >= 15 is 0 Å². The van der Waals surface area contributed by atoms with Crippen LogP contribution in [0.1, 0.15) is 37.0 Å². The van der Waals surface area contributed by atoms with Gasteiger partial charge in [0.2, 0.25) is 0 Å². The van der Waals surface area contributed by atoms with E-state index < -0.39 is 0 Å². The number of rotatable bonds is 5. The van der Waals surface area contributed by atoms with Gasteiger partial charge in [-0.15, -0.1) is 0 Å². The molecular weight excluding hydrogens is 332 g/mol. The Bertz CT molecular complexity index is 771. The summed E-state index contributed by atoms with van der Waals surface area (Å²) in [6.45, 7) is 9.20. The van der Waals surface area contributed by atoms with Crippen LogP contribution in [0.4, 0.5) is 4.79 Å². The van der Waals surface area contributed by atoms with Crippen LogP contribution in [0.5, 0.6) is 11.5 Å². The zero-order valence-electron chi connectivity index (χ0n) is 15.7. The standard InChI is InChI=1S/C20H26N2O4/c1-5-22(11-16-12-24-18-8-6-7-9-19(18)26-16)20(23)21-14(3)17-10-13(2)25-15(17)4/h6-10,14,16H,5,11-12H2,1-4H3,(H,21,23). The largest absolute Gasteiger partial charge is 0.486 e. The summed E-state index contributed by atoms with van der Waals surface area (Å²) < 4.78 is 17.3. The Morgan fingerprint density at radius 3 is 2.69 bits per heavy atom. The number of nitrogens with zero attached hydrogens (tertiary/aromatic N) is 1. The summed E-state index contributed by atoms with van der Waals surface area (Å²) in [6.07, 6.45) is -0.191. The minimum absolute atomic E-state index is 0.124. The number of ether oxygens (including phenoxy) is 2. The molecule has 1 aliphatic rings. The van der Waals surface area contributed by atoms with Gasteiger partial charge in [0.1, 0.15) is 18.1 Å². The summed E-state index contributed by atoms with van der Waals surface area (Å²) in [7, 11) is 0. The number of para-hydroxylation sites is 2. The lowest BCUT2D eigenvalue weighted by atomic mass is 10.1. The van der Waals surface area contributed by atoms with E-state index in [1.165, 1.54) is 0 Å². The van der Waals surface area contributed by atoms with E-state index in [2.05, 4.69) is 5.32 Å². The summed E-state index contributed by atoms with van der Waals surface area (Å²) in [6, 6.07) is 9.29. The molecule has 2 aromatic rings. The van der Waals surface area contributed by atoms with Gasteiger partial charge in [-0.3, -0.25) is 0 Å². The fraction of sp³-hybridized carbons (Fsp3) is 0.450. The molecule has 0 bridgehead atoms. The van der Waals surface area contributed by atoms with E-state index in [1.807, 2.05) is 58.0 Å². The third-order valence-corrected chi connectivity index (χ3v) is 4.55. The molecule has 0 saturated heterocycles. The fourth-order valence-electron chi connectivity index (χ4n) is 3.19. The number of aryl methyl sites for hydroxylation is 2. The predicted octanol–water partition coefficient (Wildman–Crippen LogP) is 3.83. The Balaban J connectivity index is 1.60. The first-order valence-electron chi connectivity index (χ1n) is 8.98. The number of urea groups is 1. The molecule has 6 nitrogen and oxygen atoms in total. The van der Waals surface area contributed by atoms with Crippen LogP contribution in [0.25, 0.3) is 0 Å². The number of benzene rings is 1. The average Bonchev–Trinajstić information content (AvgIpc) is 2.97. The van der Waals surface area contributed by atoms with Gasteiger partial charge < -0.3 is 24.1 Å². The molecular formula is C20H26N2O4. The highest BCUT2D eigenvalue weighted by atomic mass is 16.6. The lowest BCUT2D eigenvalue weighted by molar-refractivity contribution is 0.0672. The summed E-state index contributed by atoms with van der Waals surface area (Å²) in [5.41, 5.74) is 0.998. The lowest BCUT2D eigenvalue weighted by Crippen LogP contribution is -2.47. The van der Waals surface area contributed by atoms with Crippen molar-refractivity contribution in [3.8, 4) is 11.5 Å². The molecule has 2 atom stereocenters. The van der Waals surface area contributed by atoms with Gasteiger partial charge in [0, 0.05) is 12.1 Å². The Morgan fingerprint density at radius 2 is 2.04 bits per heavy atom. The van der Waals surface area contributed by atoms with E-state index in [1.54, 1.807) is 4.90 Å². The van der Waals surface area contributed by atoms with Gasteiger partial charge in [0.15, 0.2) is 17.6 Å². The van der Waals surface area contributed by atoms with E-state index in [4.69, 9.17) is 13.9 Å². The van der Waals surface area contributed by atoms with E-state index in [0.717, 1.165) is 28.6 Å². The number of nitrogens with one attached hydrogen (secondary N) is 1. The van der Waals surface area contributed by atoms with Crippen LogP contribution in [0, 0.1) is 13.8 Å². The quantitative estimate of drug-likeness (QED) is 0.882.